The minimum absolute atomic E-state index is 0.0422. The molecule has 2 aromatic carbocycles. The molecule has 0 fully saturated rings. The van der Waals surface area contributed by atoms with Gasteiger partial charge in [-0.1, -0.05) is 41.6 Å². The van der Waals surface area contributed by atoms with E-state index >= 15 is 0 Å². The number of nitrogens with zero attached hydrogens (tertiary/aromatic N) is 4. The van der Waals surface area contributed by atoms with Gasteiger partial charge in [-0.05, 0) is 54.6 Å². The number of Topliss-reactive ketones (excluding diaryl/α,β-unsaturated/α-hetero) is 1. The highest BCUT2D eigenvalue weighted by Crippen LogP contribution is 2.29. The number of para-hydroxylation sites is 1. The van der Waals surface area contributed by atoms with Crippen LogP contribution in [-0.4, -0.2) is 36.2 Å². The summed E-state index contributed by atoms with van der Waals surface area (Å²) in [6.45, 7) is 3.79. The fourth-order valence-corrected chi connectivity index (χ4v) is 4.00. The van der Waals surface area contributed by atoms with Gasteiger partial charge < -0.3 is 4.98 Å². The summed E-state index contributed by atoms with van der Waals surface area (Å²) in [6.07, 6.45) is 0. The van der Waals surface area contributed by atoms with Crippen LogP contribution in [-0.2, 0) is 0 Å². The fraction of sp³-hybridized carbons (Fsp3) is 0.158. The van der Waals surface area contributed by atoms with Gasteiger partial charge in [0.1, 0.15) is 0 Å². The standard InChI is InChI=1S/C19H16ClN5OS/c1-11-17(15-5-3-4-6-16(15)21-11)18(26)12(2)27-19-22-23-24-25(19)14-9-7-13(20)8-10-14/h3-10,12,21H,1-2H3. The first-order valence-corrected chi connectivity index (χ1v) is 9.63. The van der Waals surface area contributed by atoms with Crippen molar-refractivity contribution in [2.24, 2.45) is 0 Å². The maximum atomic E-state index is 13.1. The summed E-state index contributed by atoms with van der Waals surface area (Å²) >= 11 is 7.27. The fourth-order valence-electron chi connectivity index (χ4n) is 3.01. The molecular formula is C19H16ClN5OS. The van der Waals surface area contributed by atoms with Crippen LogP contribution in [0.4, 0.5) is 0 Å². The Hall–Kier alpha value is -2.64. The largest absolute Gasteiger partial charge is 0.358 e. The van der Waals surface area contributed by atoms with Crippen LogP contribution in [0.15, 0.2) is 53.7 Å². The van der Waals surface area contributed by atoms with Crippen molar-refractivity contribution in [3.05, 3.63) is 64.8 Å². The van der Waals surface area contributed by atoms with Crippen LogP contribution in [0.5, 0.6) is 0 Å². The maximum Gasteiger partial charge on any atom is 0.214 e. The normalized spacial score (nSPS) is 12.4. The topological polar surface area (TPSA) is 76.5 Å². The average Bonchev–Trinajstić information content (AvgIpc) is 3.25. The summed E-state index contributed by atoms with van der Waals surface area (Å²) in [7, 11) is 0. The van der Waals surface area contributed by atoms with Gasteiger partial charge in [0.25, 0.3) is 0 Å². The van der Waals surface area contributed by atoms with Crippen molar-refractivity contribution in [1.82, 2.24) is 25.2 Å². The number of carbonyl (C=O) groups excluding carboxylic acids is 1. The number of H-pyrrole nitrogens is 1. The zero-order chi connectivity index (χ0) is 19.0. The molecule has 2 aromatic heterocycles. The molecule has 0 amide bonds. The Labute approximate surface area is 164 Å². The van der Waals surface area contributed by atoms with Crippen molar-refractivity contribution in [3.8, 4) is 5.69 Å². The van der Waals surface area contributed by atoms with Crippen LogP contribution in [0, 0.1) is 6.92 Å². The van der Waals surface area contributed by atoms with Crippen molar-refractivity contribution in [2.75, 3.05) is 0 Å². The molecule has 0 aliphatic heterocycles. The minimum Gasteiger partial charge on any atom is -0.358 e. The Morgan fingerprint density at radius 3 is 2.70 bits per heavy atom. The van der Waals surface area contributed by atoms with E-state index < -0.39 is 0 Å². The maximum absolute atomic E-state index is 13.1. The zero-order valence-corrected chi connectivity index (χ0v) is 16.3. The predicted molar refractivity (Wildman–Crippen MR) is 107 cm³/mol. The zero-order valence-electron chi connectivity index (χ0n) is 14.7. The van der Waals surface area contributed by atoms with Crippen molar-refractivity contribution in [2.45, 2.75) is 24.3 Å². The molecule has 6 nitrogen and oxygen atoms in total. The molecule has 1 unspecified atom stereocenters. The number of tetrazole rings is 1. The summed E-state index contributed by atoms with van der Waals surface area (Å²) in [5.74, 6) is 0.0422. The monoisotopic (exact) mass is 397 g/mol. The van der Waals surface area contributed by atoms with Crippen molar-refractivity contribution in [1.29, 1.82) is 0 Å². The number of fused-ring (bicyclic) bond motifs is 1. The number of rotatable bonds is 5. The van der Waals surface area contributed by atoms with Crippen molar-refractivity contribution in [3.63, 3.8) is 0 Å². The van der Waals surface area contributed by atoms with Gasteiger partial charge in [0.15, 0.2) is 5.78 Å². The third-order valence-electron chi connectivity index (χ3n) is 4.30. The van der Waals surface area contributed by atoms with Crippen LogP contribution in [0.25, 0.3) is 16.6 Å². The minimum atomic E-state index is -0.347. The Kier molecular flexibility index (Phi) is 4.72. The Morgan fingerprint density at radius 2 is 1.93 bits per heavy atom. The molecule has 4 rings (SSSR count). The molecule has 136 valence electrons. The predicted octanol–water partition coefficient (Wildman–Crippen LogP) is 4.47. The van der Waals surface area contributed by atoms with E-state index in [1.165, 1.54) is 11.8 Å². The summed E-state index contributed by atoms with van der Waals surface area (Å²) in [5, 5.41) is 13.6. The molecule has 0 spiro atoms. The first-order chi connectivity index (χ1) is 13.0. The first-order valence-electron chi connectivity index (χ1n) is 8.37. The van der Waals surface area contributed by atoms with Crippen LogP contribution in [0.2, 0.25) is 5.02 Å². The van der Waals surface area contributed by atoms with Crippen molar-refractivity contribution < 1.29 is 4.79 Å². The lowest BCUT2D eigenvalue weighted by Crippen LogP contribution is -2.15. The van der Waals surface area contributed by atoms with Crippen LogP contribution in [0.1, 0.15) is 23.0 Å². The van der Waals surface area contributed by atoms with E-state index in [-0.39, 0.29) is 11.0 Å². The van der Waals surface area contributed by atoms with Gasteiger partial charge in [0, 0.05) is 27.2 Å². The Bertz CT molecular complexity index is 1120. The summed E-state index contributed by atoms with van der Waals surface area (Å²) in [4.78, 5) is 16.4. The van der Waals surface area contributed by atoms with Crippen LogP contribution >= 0.6 is 23.4 Å². The number of nitrogens with one attached hydrogen (secondary N) is 1. The molecular weight excluding hydrogens is 382 g/mol. The van der Waals surface area contributed by atoms with E-state index in [0.717, 1.165) is 27.8 Å². The molecule has 27 heavy (non-hydrogen) atoms. The molecule has 0 saturated carbocycles. The second kappa shape index (κ2) is 7.17. The molecule has 1 N–H and O–H groups in total. The number of carbonyl (C=O) groups is 1. The van der Waals surface area contributed by atoms with E-state index in [9.17, 15) is 4.79 Å². The van der Waals surface area contributed by atoms with Gasteiger partial charge in [-0.25, -0.2) is 0 Å². The smallest absolute Gasteiger partial charge is 0.214 e. The number of benzene rings is 2. The third kappa shape index (κ3) is 3.36. The number of hydrogen-bond acceptors (Lipinski definition) is 5. The highest BCUT2D eigenvalue weighted by Gasteiger charge is 2.24. The van der Waals surface area contributed by atoms with Crippen molar-refractivity contribution >= 4 is 40.0 Å². The second-order valence-corrected chi connectivity index (χ2v) is 7.89. The van der Waals surface area contributed by atoms with Gasteiger partial charge in [0.2, 0.25) is 5.16 Å². The molecule has 1 atom stereocenters. The lowest BCUT2D eigenvalue weighted by molar-refractivity contribution is 0.0995. The highest BCUT2D eigenvalue weighted by molar-refractivity contribution is 8.00. The molecule has 0 saturated heterocycles. The number of hydrogen-bond donors (Lipinski definition) is 1. The number of aromatic nitrogens is 5. The van der Waals surface area contributed by atoms with E-state index in [0.29, 0.717) is 10.2 Å². The van der Waals surface area contributed by atoms with E-state index in [1.54, 1.807) is 16.8 Å². The molecule has 0 radical (unpaired) electrons. The van der Waals surface area contributed by atoms with Crippen LogP contribution in [0.3, 0.4) is 0 Å². The number of aryl methyl sites for hydroxylation is 1. The average molecular weight is 398 g/mol. The Morgan fingerprint density at radius 1 is 1.19 bits per heavy atom. The number of ketones is 1. The van der Waals surface area contributed by atoms with Gasteiger partial charge in [-0.15, -0.1) is 5.10 Å². The molecule has 8 heteroatoms. The molecule has 0 bridgehead atoms. The summed E-state index contributed by atoms with van der Waals surface area (Å²) < 4.78 is 1.60. The van der Waals surface area contributed by atoms with Gasteiger partial charge in [0.05, 0.1) is 10.9 Å². The lowest BCUT2D eigenvalue weighted by Gasteiger charge is -2.10. The molecule has 0 aliphatic rings. The summed E-state index contributed by atoms with van der Waals surface area (Å²) in [5.41, 5.74) is 3.33. The summed E-state index contributed by atoms with van der Waals surface area (Å²) in [6, 6.07) is 15.0. The molecule has 4 aromatic rings. The lowest BCUT2D eigenvalue weighted by atomic mass is 10.1. The second-order valence-electron chi connectivity index (χ2n) is 6.14. The number of aromatic amines is 1. The molecule has 2 heterocycles. The van der Waals surface area contributed by atoms with Gasteiger partial charge in [-0.2, -0.15) is 4.68 Å². The third-order valence-corrected chi connectivity index (χ3v) is 5.59. The highest BCUT2D eigenvalue weighted by atomic mass is 35.5. The van der Waals surface area contributed by atoms with Crippen LogP contribution < -0.4 is 0 Å². The quantitative estimate of drug-likeness (QED) is 0.397. The van der Waals surface area contributed by atoms with E-state index in [1.807, 2.05) is 50.2 Å². The molecule has 0 aliphatic carbocycles. The van der Waals surface area contributed by atoms with E-state index in [4.69, 9.17) is 11.6 Å². The Balaban J connectivity index is 1.62. The first kappa shape index (κ1) is 17.8. The number of halogens is 1. The van der Waals surface area contributed by atoms with Gasteiger partial charge in [-0.3, -0.25) is 4.79 Å². The SMILES string of the molecule is Cc1[nH]c2ccccc2c1C(=O)C(C)Sc1nnnn1-c1ccc(Cl)cc1. The van der Waals surface area contributed by atoms with E-state index in [2.05, 4.69) is 20.5 Å². The number of thioether (sulfide) groups is 1. The van der Waals surface area contributed by atoms with Gasteiger partial charge >= 0.3 is 0 Å².